The maximum atomic E-state index is 12.7. The molecule has 0 bridgehead atoms. The number of benzene rings is 1. The molecule has 11 heteroatoms. The Bertz CT molecular complexity index is 970. The topological polar surface area (TPSA) is 93.7 Å². The van der Waals surface area contributed by atoms with Crippen LogP contribution in [-0.2, 0) is 4.74 Å². The van der Waals surface area contributed by atoms with E-state index < -0.39 is 21.8 Å². The first kappa shape index (κ1) is 25.3. The number of nitrogens with one attached hydrogen (secondary N) is 2. The summed E-state index contributed by atoms with van der Waals surface area (Å²) in [5.41, 5.74) is 0.900. The third-order valence-electron chi connectivity index (χ3n) is 4.18. The van der Waals surface area contributed by atoms with Crippen LogP contribution in [0.3, 0.4) is 0 Å². The van der Waals surface area contributed by atoms with E-state index in [0.717, 1.165) is 11.3 Å². The lowest BCUT2D eigenvalue weighted by atomic mass is 10.1. The molecule has 1 atom stereocenters. The fourth-order valence-electron chi connectivity index (χ4n) is 2.69. The Labute approximate surface area is 198 Å². The van der Waals surface area contributed by atoms with Crippen LogP contribution in [0.2, 0.25) is 0 Å². The molecule has 0 fully saturated rings. The molecule has 1 aromatic heterocycles. The van der Waals surface area contributed by atoms with Crippen LogP contribution >= 0.6 is 46.1 Å². The van der Waals surface area contributed by atoms with E-state index in [4.69, 9.17) is 44.3 Å². The van der Waals surface area contributed by atoms with Crippen LogP contribution in [0.5, 0.6) is 5.75 Å². The number of ketones is 1. The zero-order chi connectivity index (χ0) is 23.3. The minimum absolute atomic E-state index is 0.144. The van der Waals surface area contributed by atoms with Gasteiger partial charge in [-0.2, -0.15) is 0 Å². The molecule has 2 N–H and O–H groups in total. The van der Waals surface area contributed by atoms with Gasteiger partial charge in [0.1, 0.15) is 16.9 Å². The number of rotatable bonds is 8. The summed E-state index contributed by atoms with van der Waals surface area (Å²) in [6.07, 6.45) is -1.22. The van der Waals surface area contributed by atoms with Gasteiger partial charge in [-0.1, -0.05) is 34.8 Å². The molecule has 1 aromatic carbocycles. The molecule has 1 unspecified atom stereocenters. The van der Waals surface area contributed by atoms with Crippen LogP contribution in [0.4, 0.5) is 5.00 Å². The van der Waals surface area contributed by atoms with Crippen molar-refractivity contribution in [2.75, 3.05) is 19.0 Å². The highest BCUT2D eigenvalue weighted by atomic mass is 35.6. The first-order chi connectivity index (χ1) is 14.5. The second-order valence-electron chi connectivity index (χ2n) is 6.36. The summed E-state index contributed by atoms with van der Waals surface area (Å²) in [5, 5.41) is 5.72. The second kappa shape index (κ2) is 10.5. The fourth-order valence-corrected chi connectivity index (χ4v) is 4.13. The fraction of sp³-hybridized carbons (Fsp3) is 0.350. The van der Waals surface area contributed by atoms with E-state index in [2.05, 4.69) is 10.6 Å². The number of carbonyl (C=O) groups is 3. The van der Waals surface area contributed by atoms with Crippen LogP contribution in [0.15, 0.2) is 24.3 Å². The molecule has 2 aromatic rings. The number of amides is 1. The summed E-state index contributed by atoms with van der Waals surface area (Å²) in [6.45, 7) is 4.82. The average Bonchev–Trinajstić information content (AvgIpc) is 3.03. The number of thiophene rings is 1. The molecular weight excluding hydrogens is 487 g/mol. The number of methoxy groups -OCH3 is 1. The van der Waals surface area contributed by atoms with Crippen molar-refractivity contribution in [3.8, 4) is 5.75 Å². The number of esters is 1. The lowest BCUT2D eigenvalue weighted by Gasteiger charge is -2.27. The SMILES string of the molecule is CCOC(=O)c1c(NC(NC(=O)c2ccc(OC)cc2)C(Cl)(Cl)Cl)sc(C(C)=O)c1C. The lowest BCUT2D eigenvalue weighted by molar-refractivity contribution is 0.0527. The molecule has 2 rings (SSSR count). The first-order valence-electron chi connectivity index (χ1n) is 9.09. The Balaban J connectivity index is 2.38. The minimum Gasteiger partial charge on any atom is -0.497 e. The molecule has 1 heterocycles. The third kappa shape index (κ3) is 6.26. The quantitative estimate of drug-likeness (QED) is 0.226. The number of ether oxygens (including phenoxy) is 2. The van der Waals surface area contributed by atoms with Crippen LogP contribution in [0.1, 0.15) is 49.8 Å². The molecule has 1 amide bonds. The third-order valence-corrected chi connectivity index (χ3v) is 6.16. The predicted octanol–water partition coefficient (Wildman–Crippen LogP) is 4.98. The van der Waals surface area contributed by atoms with E-state index in [0.29, 0.717) is 21.8 Å². The molecule has 0 aliphatic rings. The molecule has 0 radical (unpaired) electrons. The Morgan fingerprint density at radius 2 is 1.77 bits per heavy atom. The van der Waals surface area contributed by atoms with Crippen molar-refractivity contribution in [2.45, 2.75) is 30.7 Å². The standard InChI is InChI=1S/C20H21Cl3N2O5S/c1-5-30-18(28)14-10(2)15(11(3)26)31-17(14)25-19(20(21,22)23)24-16(27)12-6-8-13(29-4)9-7-12/h6-9,19,25H,5H2,1-4H3,(H,24,27). The van der Waals surface area contributed by atoms with Gasteiger partial charge in [0.2, 0.25) is 3.79 Å². The number of alkyl halides is 3. The zero-order valence-corrected chi connectivity index (χ0v) is 20.3. The van der Waals surface area contributed by atoms with E-state index in [9.17, 15) is 14.4 Å². The lowest BCUT2D eigenvalue weighted by Crippen LogP contribution is -2.49. The zero-order valence-electron chi connectivity index (χ0n) is 17.2. The summed E-state index contributed by atoms with van der Waals surface area (Å²) in [5.74, 6) is -0.800. The van der Waals surface area contributed by atoms with Crippen molar-refractivity contribution in [3.05, 3.63) is 45.8 Å². The highest BCUT2D eigenvalue weighted by molar-refractivity contribution is 7.18. The molecular formula is C20H21Cl3N2O5S. The van der Waals surface area contributed by atoms with Crippen LogP contribution in [-0.4, -0.2) is 41.3 Å². The molecule has 0 saturated carbocycles. The van der Waals surface area contributed by atoms with Gasteiger partial charge in [-0.25, -0.2) is 4.79 Å². The van der Waals surface area contributed by atoms with Crippen LogP contribution in [0.25, 0.3) is 0 Å². The van der Waals surface area contributed by atoms with Crippen LogP contribution in [0, 0.1) is 6.92 Å². The number of halogens is 3. The van der Waals surface area contributed by atoms with Gasteiger partial charge in [0.05, 0.1) is 24.2 Å². The Morgan fingerprint density at radius 1 is 1.16 bits per heavy atom. The van der Waals surface area contributed by atoms with Gasteiger partial charge in [-0.3, -0.25) is 9.59 Å². The number of carbonyl (C=O) groups excluding carboxylic acids is 3. The maximum Gasteiger partial charge on any atom is 0.341 e. The average molecular weight is 508 g/mol. The van der Waals surface area contributed by atoms with Gasteiger partial charge in [0.15, 0.2) is 5.78 Å². The van der Waals surface area contributed by atoms with Gasteiger partial charge in [0, 0.05) is 5.56 Å². The smallest absolute Gasteiger partial charge is 0.341 e. The van der Waals surface area contributed by atoms with E-state index in [1.165, 1.54) is 14.0 Å². The highest BCUT2D eigenvalue weighted by Crippen LogP contribution is 2.38. The van der Waals surface area contributed by atoms with Crippen molar-refractivity contribution >= 4 is 68.8 Å². The van der Waals surface area contributed by atoms with E-state index in [-0.39, 0.29) is 23.0 Å². The van der Waals surface area contributed by atoms with Gasteiger partial charge in [0.25, 0.3) is 5.91 Å². The number of hydrogen-bond donors (Lipinski definition) is 2. The molecule has 7 nitrogen and oxygen atoms in total. The van der Waals surface area contributed by atoms with Crippen molar-refractivity contribution in [1.29, 1.82) is 0 Å². The molecule has 168 valence electrons. The minimum atomic E-state index is -1.98. The van der Waals surface area contributed by atoms with Crippen molar-refractivity contribution in [1.82, 2.24) is 5.32 Å². The summed E-state index contributed by atoms with van der Waals surface area (Å²) < 4.78 is 8.19. The van der Waals surface area contributed by atoms with Gasteiger partial charge in [-0.05, 0) is 50.6 Å². The molecule has 0 spiro atoms. The predicted molar refractivity (Wildman–Crippen MR) is 123 cm³/mol. The van der Waals surface area contributed by atoms with Gasteiger partial charge < -0.3 is 20.1 Å². The highest BCUT2D eigenvalue weighted by Gasteiger charge is 2.36. The second-order valence-corrected chi connectivity index (χ2v) is 9.75. The first-order valence-corrected chi connectivity index (χ1v) is 11.0. The normalized spacial score (nSPS) is 12.1. The van der Waals surface area contributed by atoms with E-state index in [1.807, 2.05) is 0 Å². The van der Waals surface area contributed by atoms with E-state index in [1.54, 1.807) is 38.1 Å². The van der Waals surface area contributed by atoms with Gasteiger partial charge in [-0.15, -0.1) is 11.3 Å². The van der Waals surface area contributed by atoms with Crippen molar-refractivity contribution in [2.24, 2.45) is 0 Å². The molecule has 0 saturated heterocycles. The van der Waals surface area contributed by atoms with E-state index >= 15 is 0 Å². The Hall–Kier alpha value is -2.00. The molecule has 31 heavy (non-hydrogen) atoms. The monoisotopic (exact) mass is 506 g/mol. The van der Waals surface area contributed by atoms with Crippen molar-refractivity contribution in [3.63, 3.8) is 0 Å². The maximum absolute atomic E-state index is 12.7. The summed E-state index contributed by atoms with van der Waals surface area (Å²) in [7, 11) is 1.51. The summed E-state index contributed by atoms with van der Waals surface area (Å²) >= 11 is 19.3. The Morgan fingerprint density at radius 3 is 2.26 bits per heavy atom. The number of Topliss-reactive ketones (excluding diaryl/α,β-unsaturated/α-hetero) is 1. The van der Waals surface area contributed by atoms with Crippen LogP contribution < -0.4 is 15.4 Å². The summed E-state index contributed by atoms with van der Waals surface area (Å²) in [6, 6.07) is 6.34. The largest absolute Gasteiger partial charge is 0.497 e. The number of hydrogen-bond acceptors (Lipinski definition) is 7. The van der Waals surface area contributed by atoms with Crippen molar-refractivity contribution < 1.29 is 23.9 Å². The Kier molecular flexibility index (Phi) is 8.59. The van der Waals surface area contributed by atoms with Gasteiger partial charge >= 0.3 is 5.97 Å². The molecule has 0 aliphatic heterocycles. The number of anilines is 1. The molecule has 0 aliphatic carbocycles. The summed E-state index contributed by atoms with van der Waals surface area (Å²) in [4.78, 5) is 37.5.